The summed E-state index contributed by atoms with van der Waals surface area (Å²) >= 11 is 7.56. The minimum absolute atomic E-state index is 0.0608. The second-order valence-electron chi connectivity index (χ2n) is 11.4. The van der Waals surface area contributed by atoms with Gasteiger partial charge in [-0.2, -0.15) is 0 Å². The van der Waals surface area contributed by atoms with E-state index < -0.39 is 5.41 Å². The Kier molecular flexibility index (Phi) is 9.10. The molecule has 1 aliphatic rings. The van der Waals surface area contributed by atoms with E-state index in [4.69, 9.17) is 21.3 Å². The van der Waals surface area contributed by atoms with Crippen LogP contribution < -0.4 is 5.32 Å². The number of nitrogens with one attached hydrogen (secondary N) is 1. The number of amides is 1. The maximum atomic E-state index is 13.7. The number of esters is 1. The lowest BCUT2D eigenvalue weighted by Gasteiger charge is -2.45. The third-order valence-corrected chi connectivity index (χ3v) is 8.14. The molecular weight excluding hydrogens is 494 g/mol. The van der Waals surface area contributed by atoms with Crippen LogP contribution in [0.1, 0.15) is 78.5 Å². The van der Waals surface area contributed by atoms with E-state index in [1.54, 1.807) is 6.92 Å². The standard InChI is InChI=1S/C28H40ClN3O3S/c1-8-35-23(33)15-27(4,5)22-16-36-26(30-22)31-24(18(2)3)25(34)32-14-13-21(28(6,7)17-32)19-9-11-20(29)12-10-19/h9-12,16,18,21,24H,8,13-15,17H2,1-7H3,(H,30,31)/t21?,24-/m1/s1. The first kappa shape index (κ1) is 28.5. The van der Waals surface area contributed by atoms with E-state index in [1.165, 1.54) is 16.9 Å². The van der Waals surface area contributed by atoms with Gasteiger partial charge in [-0.05, 0) is 48.3 Å². The van der Waals surface area contributed by atoms with Gasteiger partial charge in [-0.3, -0.25) is 9.59 Å². The number of ether oxygens (including phenoxy) is 1. The van der Waals surface area contributed by atoms with E-state index >= 15 is 0 Å². The fraction of sp³-hybridized carbons (Fsp3) is 0.607. The first-order valence-electron chi connectivity index (χ1n) is 12.8. The Morgan fingerprint density at radius 1 is 1.28 bits per heavy atom. The van der Waals surface area contributed by atoms with E-state index in [1.807, 2.05) is 36.3 Å². The lowest BCUT2D eigenvalue weighted by atomic mass is 9.70. The number of anilines is 1. The zero-order chi connectivity index (χ0) is 26.7. The monoisotopic (exact) mass is 533 g/mol. The lowest BCUT2D eigenvalue weighted by Crippen LogP contribution is -2.53. The number of hydrogen-bond donors (Lipinski definition) is 1. The Morgan fingerprint density at radius 3 is 2.53 bits per heavy atom. The van der Waals surface area contributed by atoms with E-state index in [2.05, 4.69) is 45.1 Å². The summed E-state index contributed by atoms with van der Waals surface area (Å²) in [6.45, 7) is 16.1. The number of nitrogens with zero attached hydrogens (tertiary/aromatic N) is 2. The van der Waals surface area contributed by atoms with Crippen LogP contribution in [0.15, 0.2) is 29.6 Å². The number of likely N-dealkylation sites (tertiary alicyclic amines) is 1. The quantitative estimate of drug-likeness (QED) is 0.372. The van der Waals surface area contributed by atoms with Gasteiger partial charge < -0.3 is 15.0 Å². The number of piperidine rings is 1. The molecule has 1 saturated heterocycles. The van der Waals surface area contributed by atoms with Crippen molar-refractivity contribution in [3.05, 3.63) is 45.9 Å². The molecule has 0 spiro atoms. The zero-order valence-electron chi connectivity index (χ0n) is 22.6. The fourth-order valence-electron chi connectivity index (χ4n) is 5.02. The predicted octanol–water partition coefficient (Wildman–Crippen LogP) is 6.51. The third kappa shape index (κ3) is 6.80. The second kappa shape index (κ2) is 11.5. The molecule has 2 aromatic rings. The SMILES string of the molecule is CCOC(=O)CC(C)(C)c1csc(N[C@@H](C(=O)N2CCC(c3ccc(Cl)cc3)C(C)(C)C2)C(C)C)n1. The summed E-state index contributed by atoms with van der Waals surface area (Å²) in [4.78, 5) is 32.5. The minimum Gasteiger partial charge on any atom is -0.466 e. The molecule has 1 N–H and O–H groups in total. The van der Waals surface area contributed by atoms with Gasteiger partial charge in [0, 0.05) is 28.9 Å². The number of carbonyl (C=O) groups excluding carboxylic acids is 2. The van der Waals surface area contributed by atoms with E-state index in [-0.39, 0.29) is 35.7 Å². The van der Waals surface area contributed by atoms with Crippen LogP contribution in [0.3, 0.4) is 0 Å². The molecule has 2 heterocycles. The van der Waals surface area contributed by atoms with Gasteiger partial charge >= 0.3 is 5.97 Å². The number of halogens is 1. The van der Waals surface area contributed by atoms with E-state index in [0.717, 1.165) is 23.7 Å². The molecule has 1 unspecified atom stereocenters. The molecule has 8 heteroatoms. The van der Waals surface area contributed by atoms with Gasteiger partial charge in [0.15, 0.2) is 5.13 Å². The number of hydrogen-bond acceptors (Lipinski definition) is 6. The molecule has 3 rings (SSSR count). The van der Waals surface area contributed by atoms with Crippen molar-refractivity contribution in [1.29, 1.82) is 0 Å². The predicted molar refractivity (Wildman–Crippen MR) is 148 cm³/mol. The molecule has 6 nitrogen and oxygen atoms in total. The Balaban J connectivity index is 1.70. The smallest absolute Gasteiger partial charge is 0.306 e. The Morgan fingerprint density at radius 2 is 1.94 bits per heavy atom. The van der Waals surface area contributed by atoms with Gasteiger partial charge in [0.25, 0.3) is 0 Å². The molecule has 1 aromatic carbocycles. The number of rotatable bonds is 9. The van der Waals surface area contributed by atoms with Crippen LogP contribution in [-0.2, 0) is 19.7 Å². The summed E-state index contributed by atoms with van der Waals surface area (Å²) in [5.41, 5.74) is 1.58. The van der Waals surface area contributed by atoms with Gasteiger partial charge in [-0.25, -0.2) is 4.98 Å². The van der Waals surface area contributed by atoms with Crippen molar-refractivity contribution in [1.82, 2.24) is 9.88 Å². The van der Waals surface area contributed by atoms with Crippen molar-refractivity contribution in [2.24, 2.45) is 11.3 Å². The Bertz CT molecular complexity index is 1050. The van der Waals surface area contributed by atoms with Crippen LogP contribution in [0.2, 0.25) is 5.02 Å². The summed E-state index contributed by atoms with van der Waals surface area (Å²) in [6, 6.07) is 7.72. The highest BCUT2D eigenvalue weighted by molar-refractivity contribution is 7.13. The average Bonchev–Trinajstić information content (AvgIpc) is 3.27. The summed E-state index contributed by atoms with van der Waals surface area (Å²) < 4.78 is 5.12. The van der Waals surface area contributed by atoms with E-state index in [9.17, 15) is 9.59 Å². The van der Waals surface area contributed by atoms with Crippen LogP contribution in [0, 0.1) is 11.3 Å². The average molecular weight is 534 g/mol. The molecular formula is C28H40ClN3O3S. The van der Waals surface area contributed by atoms with Crippen LogP contribution in [0.25, 0.3) is 0 Å². The maximum Gasteiger partial charge on any atom is 0.306 e. The fourth-order valence-corrected chi connectivity index (χ4v) is 6.08. The van der Waals surface area contributed by atoms with Crippen molar-refractivity contribution in [2.75, 3.05) is 25.0 Å². The molecule has 1 aliphatic heterocycles. The molecule has 1 aromatic heterocycles. The molecule has 0 bridgehead atoms. The maximum absolute atomic E-state index is 13.7. The normalized spacial score (nSPS) is 18.7. The first-order valence-corrected chi connectivity index (χ1v) is 14.0. The Hall–Kier alpha value is -2.12. The van der Waals surface area contributed by atoms with Crippen LogP contribution in [0.4, 0.5) is 5.13 Å². The molecule has 1 amide bonds. The highest BCUT2D eigenvalue weighted by Gasteiger charge is 2.40. The summed E-state index contributed by atoms with van der Waals surface area (Å²) in [5.74, 6) is 0.335. The number of thiazole rings is 1. The molecule has 2 atom stereocenters. The molecule has 0 saturated carbocycles. The van der Waals surface area contributed by atoms with Gasteiger partial charge in [0.05, 0.1) is 18.7 Å². The molecule has 36 heavy (non-hydrogen) atoms. The molecule has 0 radical (unpaired) electrons. The van der Waals surface area contributed by atoms with Gasteiger partial charge in [-0.15, -0.1) is 11.3 Å². The van der Waals surface area contributed by atoms with Gasteiger partial charge in [-0.1, -0.05) is 65.3 Å². The number of benzene rings is 1. The Labute approximate surface area is 224 Å². The minimum atomic E-state index is -0.451. The summed E-state index contributed by atoms with van der Waals surface area (Å²) in [7, 11) is 0. The van der Waals surface area contributed by atoms with Gasteiger partial charge in [0.2, 0.25) is 5.91 Å². The molecule has 1 fully saturated rings. The zero-order valence-corrected chi connectivity index (χ0v) is 24.1. The lowest BCUT2D eigenvalue weighted by molar-refractivity contribution is -0.144. The molecule has 0 aliphatic carbocycles. The van der Waals surface area contributed by atoms with Crippen LogP contribution in [0.5, 0.6) is 0 Å². The summed E-state index contributed by atoms with van der Waals surface area (Å²) in [5, 5.41) is 6.81. The van der Waals surface area contributed by atoms with Crippen molar-refractivity contribution in [3.8, 4) is 0 Å². The van der Waals surface area contributed by atoms with Crippen LogP contribution >= 0.6 is 22.9 Å². The second-order valence-corrected chi connectivity index (χ2v) is 12.7. The highest BCUT2D eigenvalue weighted by atomic mass is 35.5. The number of carbonyl (C=O) groups is 2. The van der Waals surface area contributed by atoms with Crippen molar-refractivity contribution in [3.63, 3.8) is 0 Å². The van der Waals surface area contributed by atoms with Crippen molar-refractivity contribution >= 4 is 39.9 Å². The van der Waals surface area contributed by atoms with Crippen LogP contribution in [-0.4, -0.2) is 47.5 Å². The number of aromatic nitrogens is 1. The summed E-state index contributed by atoms with van der Waals surface area (Å²) in [6.07, 6.45) is 1.17. The third-order valence-electron chi connectivity index (χ3n) is 7.11. The molecule has 198 valence electrons. The van der Waals surface area contributed by atoms with Crippen molar-refractivity contribution < 1.29 is 14.3 Å². The highest BCUT2D eigenvalue weighted by Crippen LogP contribution is 2.43. The van der Waals surface area contributed by atoms with Gasteiger partial charge in [0.1, 0.15) is 6.04 Å². The first-order chi connectivity index (χ1) is 16.8. The van der Waals surface area contributed by atoms with Crippen molar-refractivity contribution in [2.45, 2.75) is 78.7 Å². The van der Waals surface area contributed by atoms with E-state index in [0.29, 0.717) is 24.2 Å². The topological polar surface area (TPSA) is 71.5 Å². The largest absolute Gasteiger partial charge is 0.466 e.